The lowest BCUT2D eigenvalue weighted by molar-refractivity contribution is -0.134. The van der Waals surface area contributed by atoms with Gasteiger partial charge in [-0.2, -0.15) is 0 Å². The number of hydrogen-bond donors (Lipinski definition) is 0. The number of aryl methyl sites for hydroxylation is 1. The van der Waals surface area contributed by atoms with Gasteiger partial charge in [0.05, 0.1) is 23.2 Å². The molecule has 22 heavy (non-hydrogen) atoms. The predicted octanol–water partition coefficient (Wildman–Crippen LogP) is 3.89. The summed E-state index contributed by atoms with van der Waals surface area (Å²) in [5, 5.41) is 2.91. The summed E-state index contributed by atoms with van der Waals surface area (Å²) in [6, 6.07) is 6.59. The van der Waals surface area contributed by atoms with Gasteiger partial charge >= 0.3 is 0 Å². The molecule has 0 aliphatic carbocycles. The van der Waals surface area contributed by atoms with Gasteiger partial charge in [-0.05, 0) is 43.9 Å². The molecule has 1 amide bonds. The second-order valence-electron chi connectivity index (χ2n) is 5.69. The Morgan fingerprint density at radius 3 is 3.05 bits per heavy atom. The predicted molar refractivity (Wildman–Crippen MR) is 85.3 cm³/mol. The van der Waals surface area contributed by atoms with Crippen molar-refractivity contribution in [3.63, 3.8) is 0 Å². The minimum atomic E-state index is -0.245. The van der Waals surface area contributed by atoms with Crippen LogP contribution in [-0.4, -0.2) is 22.3 Å². The molecule has 116 valence electrons. The van der Waals surface area contributed by atoms with Crippen LogP contribution in [-0.2, 0) is 11.2 Å². The molecular weight excluding hydrogens is 299 g/mol. The Kier molecular flexibility index (Phi) is 4.52. The highest BCUT2D eigenvalue weighted by atomic mass is 32.1. The van der Waals surface area contributed by atoms with Gasteiger partial charge in [0.25, 0.3) is 0 Å². The molecular formula is C17H19FN2OS. The molecule has 0 spiro atoms. The van der Waals surface area contributed by atoms with Crippen molar-refractivity contribution in [1.82, 2.24) is 9.88 Å². The first-order chi connectivity index (χ1) is 10.6. The maximum Gasteiger partial charge on any atom is 0.229 e. The van der Waals surface area contributed by atoms with E-state index in [2.05, 4.69) is 4.98 Å². The normalized spacial score (nSPS) is 18.5. The van der Waals surface area contributed by atoms with E-state index in [4.69, 9.17) is 0 Å². The molecule has 2 heterocycles. The van der Waals surface area contributed by atoms with Gasteiger partial charge in [0.1, 0.15) is 5.82 Å². The van der Waals surface area contributed by atoms with E-state index in [1.807, 2.05) is 23.3 Å². The molecule has 2 aromatic rings. The van der Waals surface area contributed by atoms with E-state index >= 15 is 0 Å². The summed E-state index contributed by atoms with van der Waals surface area (Å²) in [5.74, 6) is -0.162. The van der Waals surface area contributed by atoms with Crippen molar-refractivity contribution in [1.29, 1.82) is 0 Å². The van der Waals surface area contributed by atoms with Crippen LogP contribution in [0.2, 0.25) is 0 Å². The Morgan fingerprint density at radius 2 is 2.32 bits per heavy atom. The van der Waals surface area contributed by atoms with Crippen LogP contribution in [0.15, 0.2) is 29.6 Å². The van der Waals surface area contributed by atoms with Gasteiger partial charge in [0.15, 0.2) is 0 Å². The van der Waals surface area contributed by atoms with E-state index in [1.165, 1.54) is 6.07 Å². The first kappa shape index (κ1) is 15.2. The highest BCUT2D eigenvalue weighted by Crippen LogP contribution is 2.31. The molecule has 1 saturated heterocycles. The van der Waals surface area contributed by atoms with Crippen LogP contribution in [0.25, 0.3) is 0 Å². The third-order valence-electron chi connectivity index (χ3n) is 4.06. The van der Waals surface area contributed by atoms with Gasteiger partial charge < -0.3 is 4.90 Å². The number of nitrogens with zero attached hydrogens (tertiary/aromatic N) is 2. The first-order valence-electron chi connectivity index (χ1n) is 7.59. The Hall–Kier alpha value is -1.75. The summed E-state index contributed by atoms with van der Waals surface area (Å²) >= 11 is 1.56. The molecule has 1 aromatic carbocycles. The van der Waals surface area contributed by atoms with E-state index in [0.717, 1.165) is 42.1 Å². The summed E-state index contributed by atoms with van der Waals surface area (Å²) in [6.07, 6.45) is 3.30. The van der Waals surface area contributed by atoms with Crippen molar-refractivity contribution in [2.24, 2.45) is 0 Å². The number of halogens is 1. The number of hydrogen-bond acceptors (Lipinski definition) is 3. The molecule has 3 rings (SSSR count). The monoisotopic (exact) mass is 318 g/mol. The van der Waals surface area contributed by atoms with Crippen LogP contribution in [0.5, 0.6) is 0 Å². The van der Waals surface area contributed by atoms with Crippen molar-refractivity contribution in [2.45, 2.75) is 38.6 Å². The smallest absolute Gasteiger partial charge is 0.229 e. The lowest BCUT2D eigenvalue weighted by atomic mass is 9.94. The van der Waals surface area contributed by atoms with Gasteiger partial charge in [-0.1, -0.05) is 12.1 Å². The number of likely N-dealkylation sites (tertiary alicyclic amines) is 1. The van der Waals surface area contributed by atoms with E-state index in [0.29, 0.717) is 6.42 Å². The maximum atomic E-state index is 13.5. The highest BCUT2D eigenvalue weighted by Gasteiger charge is 2.28. The largest absolute Gasteiger partial charge is 0.335 e. The highest BCUT2D eigenvalue weighted by molar-refractivity contribution is 7.09. The zero-order valence-electron chi connectivity index (χ0n) is 12.6. The second kappa shape index (κ2) is 6.57. The third-order valence-corrected chi connectivity index (χ3v) is 4.88. The van der Waals surface area contributed by atoms with Gasteiger partial charge in [-0.15, -0.1) is 11.3 Å². The zero-order valence-corrected chi connectivity index (χ0v) is 13.4. The van der Waals surface area contributed by atoms with E-state index in [9.17, 15) is 9.18 Å². The fraction of sp³-hybridized carbons (Fsp3) is 0.412. The Morgan fingerprint density at radius 1 is 1.45 bits per heavy atom. The standard InChI is InChI=1S/C17H19FN2OS/c1-12-19-15(11-22-12)10-17(21)20-8-3-2-7-16(20)13-5-4-6-14(18)9-13/h4-6,9,11,16H,2-3,7-8,10H2,1H3/t16-/m1/s1. The first-order valence-corrected chi connectivity index (χ1v) is 8.47. The number of carbonyl (C=O) groups excluding carboxylic acids is 1. The molecule has 1 aromatic heterocycles. The summed E-state index contributed by atoms with van der Waals surface area (Å²) in [5.41, 5.74) is 1.72. The average molecular weight is 318 g/mol. The molecule has 1 aliphatic rings. The van der Waals surface area contributed by atoms with Crippen LogP contribution in [0.1, 0.15) is 41.6 Å². The zero-order chi connectivity index (χ0) is 15.5. The third kappa shape index (κ3) is 3.35. The minimum Gasteiger partial charge on any atom is -0.335 e. The quantitative estimate of drug-likeness (QED) is 0.860. The molecule has 0 unspecified atom stereocenters. The Bertz CT molecular complexity index is 670. The molecule has 0 radical (unpaired) electrons. The lowest BCUT2D eigenvalue weighted by Crippen LogP contribution is -2.39. The number of aromatic nitrogens is 1. The Balaban J connectivity index is 1.78. The second-order valence-corrected chi connectivity index (χ2v) is 6.75. The summed E-state index contributed by atoms with van der Waals surface area (Å²) in [6.45, 7) is 2.68. The van der Waals surface area contributed by atoms with Gasteiger partial charge in [0, 0.05) is 11.9 Å². The molecule has 5 heteroatoms. The minimum absolute atomic E-state index is 0.0170. The molecule has 1 fully saturated rings. The Labute approximate surface area is 133 Å². The van der Waals surface area contributed by atoms with E-state index in [1.54, 1.807) is 23.5 Å². The van der Waals surface area contributed by atoms with Crippen LogP contribution in [0.4, 0.5) is 4.39 Å². The van der Waals surface area contributed by atoms with Gasteiger partial charge in [-0.25, -0.2) is 9.37 Å². The molecule has 0 N–H and O–H groups in total. The molecule has 0 saturated carbocycles. The molecule has 3 nitrogen and oxygen atoms in total. The van der Waals surface area contributed by atoms with Crippen molar-refractivity contribution < 1.29 is 9.18 Å². The van der Waals surface area contributed by atoms with Gasteiger partial charge in [0.2, 0.25) is 5.91 Å². The lowest BCUT2D eigenvalue weighted by Gasteiger charge is -2.36. The van der Waals surface area contributed by atoms with Crippen molar-refractivity contribution >= 4 is 17.2 Å². The van der Waals surface area contributed by atoms with E-state index < -0.39 is 0 Å². The number of piperidine rings is 1. The average Bonchev–Trinajstić information content (AvgIpc) is 2.92. The van der Waals surface area contributed by atoms with Gasteiger partial charge in [-0.3, -0.25) is 4.79 Å². The topological polar surface area (TPSA) is 33.2 Å². The van der Waals surface area contributed by atoms with Crippen LogP contribution in [0, 0.1) is 12.7 Å². The summed E-state index contributed by atoms with van der Waals surface area (Å²) in [4.78, 5) is 18.9. The summed E-state index contributed by atoms with van der Waals surface area (Å²) < 4.78 is 13.5. The van der Waals surface area contributed by atoms with E-state index in [-0.39, 0.29) is 17.8 Å². The summed E-state index contributed by atoms with van der Waals surface area (Å²) in [7, 11) is 0. The molecule has 1 atom stereocenters. The van der Waals surface area contributed by atoms with Crippen molar-refractivity contribution in [3.8, 4) is 0 Å². The van der Waals surface area contributed by atoms with Crippen LogP contribution < -0.4 is 0 Å². The number of carbonyl (C=O) groups is 1. The number of rotatable bonds is 3. The number of thiazole rings is 1. The fourth-order valence-corrected chi connectivity index (χ4v) is 3.65. The fourth-order valence-electron chi connectivity index (χ4n) is 3.04. The SMILES string of the molecule is Cc1nc(CC(=O)N2CCCC[C@@H]2c2cccc(F)c2)cs1. The van der Waals surface area contributed by atoms with Crippen LogP contribution in [0.3, 0.4) is 0 Å². The number of benzene rings is 1. The van der Waals surface area contributed by atoms with Crippen LogP contribution >= 0.6 is 11.3 Å². The maximum absolute atomic E-state index is 13.5. The number of amides is 1. The molecule has 1 aliphatic heterocycles. The molecule has 0 bridgehead atoms. The van der Waals surface area contributed by atoms with Crippen molar-refractivity contribution in [3.05, 3.63) is 51.7 Å². The van der Waals surface area contributed by atoms with Crippen molar-refractivity contribution in [2.75, 3.05) is 6.54 Å².